The maximum Gasteiger partial charge on any atom is 0.260 e. The zero-order chi connectivity index (χ0) is 15.2. The standard InChI is InChI=1S/C15H20Cl2N2O2.ClH/c1-18-8-11-3-2-6-19(9-11)15(20)10-21-12-4-5-13(16)14(17)7-12;/h4-5,7,11,18H,2-3,6,8-10H2,1H3;1H. The molecule has 7 heteroatoms. The van der Waals surface area contributed by atoms with E-state index in [1.54, 1.807) is 18.2 Å². The fourth-order valence-corrected chi connectivity index (χ4v) is 2.84. The summed E-state index contributed by atoms with van der Waals surface area (Å²) >= 11 is 11.8. The van der Waals surface area contributed by atoms with Gasteiger partial charge in [-0.2, -0.15) is 0 Å². The van der Waals surface area contributed by atoms with Gasteiger partial charge in [0.25, 0.3) is 5.91 Å². The van der Waals surface area contributed by atoms with Crippen molar-refractivity contribution in [1.29, 1.82) is 0 Å². The van der Waals surface area contributed by atoms with E-state index in [1.165, 1.54) is 0 Å². The first-order valence-electron chi connectivity index (χ1n) is 7.10. The first kappa shape index (κ1) is 19.4. The van der Waals surface area contributed by atoms with E-state index in [9.17, 15) is 4.79 Å². The first-order valence-corrected chi connectivity index (χ1v) is 7.86. The van der Waals surface area contributed by atoms with Crippen molar-refractivity contribution < 1.29 is 9.53 Å². The number of carbonyl (C=O) groups is 1. The summed E-state index contributed by atoms with van der Waals surface area (Å²) < 4.78 is 5.50. The number of hydrogen-bond acceptors (Lipinski definition) is 3. The molecule has 0 bridgehead atoms. The molecular formula is C15H21Cl3N2O2. The lowest BCUT2D eigenvalue weighted by molar-refractivity contribution is -0.135. The van der Waals surface area contributed by atoms with Crippen LogP contribution in [0.3, 0.4) is 0 Å². The molecule has 1 aliphatic heterocycles. The van der Waals surface area contributed by atoms with Crippen LogP contribution < -0.4 is 10.1 Å². The Labute approximate surface area is 147 Å². The number of benzene rings is 1. The van der Waals surface area contributed by atoms with Crippen molar-refractivity contribution in [3.63, 3.8) is 0 Å². The van der Waals surface area contributed by atoms with Crippen LogP contribution in [0.25, 0.3) is 0 Å². The topological polar surface area (TPSA) is 41.6 Å². The van der Waals surface area contributed by atoms with Crippen LogP contribution in [0.2, 0.25) is 10.0 Å². The zero-order valence-electron chi connectivity index (χ0n) is 12.5. The highest BCUT2D eigenvalue weighted by Crippen LogP contribution is 2.26. The number of carbonyl (C=O) groups excluding carboxylic acids is 1. The number of likely N-dealkylation sites (tertiary alicyclic amines) is 1. The van der Waals surface area contributed by atoms with Gasteiger partial charge in [-0.15, -0.1) is 12.4 Å². The van der Waals surface area contributed by atoms with Gasteiger partial charge >= 0.3 is 0 Å². The normalized spacial score (nSPS) is 17.8. The Balaban J connectivity index is 0.00000242. The summed E-state index contributed by atoms with van der Waals surface area (Å²) in [5.74, 6) is 1.10. The molecule has 4 nitrogen and oxygen atoms in total. The number of ether oxygens (including phenoxy) is 1. The van der Waals surface area contributed by atoms with Gasteiger partial charge in [0.05, 0.1) is 10.0 Å². The minimum absolute atomic E-state index is 0. The summed E-state index contributed by atoms with van der Waals surface area (Å²) in [4.78, 5) is 14.1. The molecule has 1 fully saturated rings. The molecule has 124 valence electrons. The molecule has 1 aromatic rings. The molecular weight excluding hydrogens is 347 g/mol. The summed E-state index contributed by atoms with van der Waals surface area (Å²) in [5, 5.41) is 4.07. The Kier molecular flexibility index (Phi) is 8.33. The second-order valence-electron chi connectivity index (χ2n) is 5.27. The Bertz CT molecular complexity index is 498. The third-order valence-electron chi connectivity index (χ3n) is 3.62. The Morgan fingerprint density at radius 1 is 1.41 bits per heavy atom. The number of nitrogens with one attached hydrogen (secondary N) is 1. The van der Waals surface area contributed by atoms with Crippen molar-refractivity contribution in [3.8, 4) is 5.75 Å². The van der Waals surface area contributed by atoms with E-state index in [-0.39, 0.29) is 24.9 Å². The Morgan fingerprint density at radius 3 is 2.86 bits per heavy atom. The molecule has 1 atom stereocenters. The molecule has 1 saturated heterocycles. The van der Waals surface area contributed by atoms with Gasteiger partial charge in [-0.05, 0) is 44.5 Å². The monoisotopic (exact) mass is 366 g/mol. The number of piperidine rings is 1. The van der Waals surface area contributed by atoms with Crippen molar-refractivity contribution in [1.82, 2.24) is 10.2 Å². The highest BCUT2D eigenvalue weighted by molar-refractivity contribution is 6.42. The second kappa shape index (κ2) is 9.46. The predicted octanol–water partition coefficient (Wildman–Crippen LogP) is 3.25. The van der Waals surface area contributed by atoms with Crippen molar-refractivity contribution in [2.75, 3.05) is 33.3 Å². The summed E-state index contributed by atoms with van der Waals surface area (Å²) in [5.41, 5.74) is 0. The van der Waals surface area contributed by atoms with Crippen molar-refractivity contribution >= 4 is 41.5 Å². The van der Waals surface area contributed by atoms with Gasteiger partial charge in [-0.1, -0.05) is 23.2 Å². The zero-order valence-corrected chi connectivity index (χ0v) is 14.8. The second-order valence-corrected chi connectivity index (χ2v) is 6.08. The summed E-state index contributed by atoms with van der Waals surface area (Å²) in [6, 6.07) is 4.99. The van der Waals surface area contributed by atoms with Crippen LogP contribution in [-0.2, 0) is 4.79 Å². The Hall–Kier alpha value is -0.680. The fraction of sp³-hybridized carbons (Fsp3) is 0.533. The van der Waals surface area contributed by atoms with Gasteiger partial charge in [0.15, 0.2) is 6.61 Å². The Morgan fingerprint density at radius 2 is 2.18 bits per heavy atom. The highest BCUT2D eigenvalue weighted by Gasteiger charge is 2.23. The maximum atomic E-state index is 12.2. The molecule has 22 heavy (non-hydrogen) atoms. The molecule has 0 radical (unpaired) electrons. The first-order chi connectivity index (χ1) is 10.1. The largest absolute Gasteiger partial charge is 0.484 e. The van der Waals surface area contributed by atoms with E-state index in [1.807, 2.05) is 11.9 Å². The number of amides is 1. The summed E-state index contributed by atoms with van der Waals surface area (Å²) in [7, 11) is 1.94. The van der Waals surface area contributed by atoms with E-state index in [4.69, 9.17) is 27.9 Å². The molecule has 0 saturated carbocycles. The van der Waals surface area contributed by atoms with E-state index in [0.717, 1.165) is 32.5 Å². The summed E-state index contributed by atoms with van der Waals surface area (Å²) in [6.45, 7) is 2.58. The van der Waals surface area contributed by atoms with Crippen LogP contribution in [0.15, 0.2) is 18.2 Å². The fourth-order valence-electron chi connectivity index (χ4n) is 2.55. The molecule has 0 aliphatic carbocycles. The minimum Gasteiger partial charge on any atom is -0.484 e. The predicted molar refractivity (Wildman–Crippen MR) is 92.4 cm³/mol. The van der Waals surface area contributed by atoms with Crippen LogP contribution in [-0.4, -0.2) is 44.1 Å². The maximum absolute atomic E-state index is 12.2. The molecule has 1 aliphatic rings. The van der Waals surface area contributed by atoms with Gasteiger partial charge in [-0.25, -0.2) is 0 Å². The average molecular weight is 368 g/mol. The smallest absolute Gasteiger partial charge is 0.260 e. The molecule has 1 unspecified atom stereocenters. The third kappa shape index (κ3) is 5.51. The molecule has 2 rings (SSSR count). The molecule has 0 aromatic heterocycles. The molecule has 1 heterocycles. The van der Waals surface area contributed by atoms with Gasteiger partial charge in [0, 0.05) is 19.2 Å². The molecule has 0 spiro atoms. The number of halogens is 3. The SMILES string of the molecule is CNCC1CCCN(C(=O)COc2ccc(Cl)c(Cl)c2)C1.Cl. The number of hydrogen-bond donors (Lipinski definition) is 1. The van der Waals surface area contributed by atoms with Crippen molar-refractivity contribution in [2.45, 2.75) is 12.8 Å². The van der Waals surface area contributed by atoms with Crippen LogP contribution >= 0.6 is 35.6 Å². The lowest BCUT2D eigenvalue weighted by atomic mass is 9.98. The van der Waals surface area contributed by atoms with Gasteiger partial charge in [-0.3, -0.25) is 4.79 Å². The van der Waals surface area contributed by atoms with Crippen LogP contribution in [0, 0.1) is 5.92 Å². The van der Waals surface area contributed by atoms with E-state index in [0.29, 0.717) is 21.7 Å². The average Bonchev–Trinajstić information content (AvgIpc) is 2.49. The van der Waals surface area contributed by atoms with Crippen LogP contribution in [0.1, 0.15) is 12.8 Å². The van der Waals surface area contributed by atoms with Gasteiger partial charge < -0.3 is 15.0 Å². The lowest BCUT2D eigenvalue weighted by Crippen LogP contribution is -2.44. The lowest BCUT2D eigenvalue weighted by Gasteiger charge is -2.32. The van der Waals surface area contributed by atoms with Crippen LogP contribution in [0.5, 0.6) is 5.75 Å². The molecule has 1 N–H and O–H groups in total. The summed E-state index contributed by atoms with van der Waals surface area (Å²) in [6.07, 6.45) is 2.21. The van der Waals surface area contributed by atoms with Crippen molar-refractivity contribution in [3.05, 3.63) is 28.2 Å². The van der Waals surface area contributed by atoms with Crippen LogP contribution in [0.4, 0.5) is 0 Å². The van der Waals surface area contributed by atoms with Gasteiger partial charge in [0.2, 0.25) is 0 Å². The van der Waals surface area contributed by atoms with E-state index in [2.05, 4.69) is 5.32 Å². The van der Waals surface area contributed by atoms with Gasteiger partial charge in [0.1, 0.15) is 5.75 Å². The number of nitrogens with zero attached hydrogens (tertiary/aromatic N) is 1. The number of rotatable bonds is 5. The highest BCUT2D eigenvalue weighted by atomic mass is 35.5. The molecule has 1 aromatic carbocycles. The quantitative estimate of drug-likeness (QED) is 0.868. The van der Waals surface area contributed by atoms with E-state index >= 15 is 0 Å². The van der Waals surface area contributed by atoms with Crippen molar-refractivity contribution in [2.24, 2.45) is 5.92 Å². The van der Waals surface area contributed by atoms with E-state index < -0.39 is 0 Å². The minimum atomic E-state index is 0. The molecule has 1 amide bonds. The third-order valence-corrected chi connectivity index (χ3v) is 4.36.